The Bertz CT molecular complexity index is 370. The fraction of sp³-hybridized carbons (Fsp3) is 0.867. The van der Waals surface area contributed by atoms with E-state index < -0.39 is 11.9 Å². The van der Waals surface area contributed by atoms with Crippen LogP contribution in [0.3, 0.4) is 0 Å². The van der Waals surface area contributed by atoms with Crippen molar-refractivity contribution < 1.29 is 14.3 Å². The van der Waals surface area contributed by atoms with Gasteiger partial charge in [-0.1, -0.05) is 13.8 Å². The SMILES string of the molecule is CCOC(=O)C(C#N)C1(C(C)C)CCOC(C)(C)C1. The first-order valence-electron chi connectivity index (χ1n) is 6.99. The molecule has 1 rings (SSSR count). The summed E-state index contributed by atoms with van der Waals surface area (Å²) < 4.78 is 10.8. The van der Waals surface area contributed by atoms with Gasteiger partial charge in [0.05, 0.1) is 18.3 Å². The molecular formula is C15H25NO3. The second-order valence-electron chi connectivity index (χ2n) is 6.24. The maximum atomic E-state index is 12.1. The predicted molar refractivity (Wildman–Crippen MR) is 72.3 cm³/mol. The number of nitrogens with zero attached hydrogens (tertiary/aromatic N) is 1. The van der Waals surface area contributed by atoms with E-state index in [0.717, 1.165) is 6.42 Å². The van der Waals surface area contributed by atoms with Gasteiger partial charge in [-0.2, -0.15) is 5.26 Å². The molecule has 0 aromatic heterocycles. The summed E-state index contributed by atoms with van der Waals surface area (Å²) in [5.74, 6) is -0.878. The number of nitriles is 1. The van der Waals surface area contributed by atoms with E-state index in [4.69, 9.17) is 9.47 Å². The Morgan fingerprint density at radius 3 is 2.53 bits per heavy atom. The highest BCUT2D eigenvalue weighted by Crippen LogP contribution is 2.49. The van der Waals surface area contributed by atoms with Crippen molar-refractivity contribution in [2.45, 2.75) is 53.1 Å². The van der Waals surface area contributed by atoms with Crippen LogP contribution < -0.4 is 0 Å². The van der Waals surface area contributed by atoms with Crippen molar-refractivity contribution in [2.75, 3.05) is 13.2 Å². The highest BCUT2D eigenvalue weighted by molar-refractivity contribution is 5.76. The summed E-state index contributed by atoms with van der Waals surface area (Å²) in [5, 5.41) is 9.47. The normalized spacial score (nSPS) is 27.6. The molecule has 0 N–H and O–H groups in total. The van der Waals surface area contributed by atoms with E-state index in [2.05, 4.69) is 19.9 Å². The molecule has 0 aliphatic carbocycles. The average Bonchev–Trinajstić information content (AvgIpc) is 2.28. The number of carbonyl (C=O) groups excluding carboxylic acids is 1. The van der Waals surface area contributed by atoms with E-state index >= 15 is 0 Å². The zero-order valence-electron chi connectivity index (χ0n) is 12.7. The summed E-state index contributed by atoms with van der Waals surface area (Å²) in [5.41, 5.74) is -0.660. The van der Waals surface area contributed by atoms with Crippen molar-refractivity contribution in [3.63, 3.8) is 0 Å². The van der Waals surface area contributed by atoms with E-state index in [9.17, 15) is 10.1 Å². The van der Waals surface area contributed by atoms with Gasteiger partial charge in [0, 0.05) is 12.0 Å². The molecule has 19 heavy (non-hydrogen) atoms. The van der Waals surface area contributed by atoms with E-state index in [1.54, 1.807) is 6.92 Å². The van der Waals surface area contributed by atoms with Crippen molar-refractivity contribution in [1.82, 2.24) is 0 Å². The van der Waals surface area contributed by atoms with Crippen LogP contribution in [0, 0.1) is 28.6 Å². The number of ether oxygens (including phenoxy) is 2. The third kappa shape index (κ3) is 3.27. The smallest absolute Gasteiger partial charge is 0.323 e. The summed E-state index contributed by atoms with van der Waals surface area (Å²) in [7, 11) is 0. The van der Waals surface area contributed by atoms with Gasteiger partial charge in [0.1, 0.15) is 5.92 Å². The van der Waals surface area contributed by atoms with Crippen LogP contribution in [0.25, 0.3) is 0 Å². The van der Waals surface area contributed by atoms with E-state index in [0.29, 0.717) is 19.6 Å². The van der Waals surface area contributed by atoms with Gasteiger partial charge in [0.25, 0.3) is 0 Å². The van der Waals surface area contributed by atoms with Crippen LogP contribution in [0.5, 0.6) is 0 Å². The number of hydrogen-bond acceptors (Lipinski definition) is 4. The molecule has 108 valence electrons. The topological polar surface area (TPSA) is 59.3 Å². The van der Waals surface area contributed by atoms with E-state index in [1.165, 1.54) is 0 Å². The number of rotatable bonds is 4. The third-order valence-corrected chi connectivity index (χ3v) is 4.19. The molecule has 0 aromatic carbocycles. The van der Waals surface area contributed by atoms with Gasteiger partial charge in [-0.05, 0) is 39.5 Å². The molecular weight excluding hydrogens is 242 g/mol. The Morgan fingerprint density at radius 1 is 1.47 bits per heavy atom. The Hall–Kier alpha value is -1.08. The van der Waals surface area contributed by atoms with Crippen molar-refractivity contribution in [2.24, 2.45) is 17.3 Å². The Kier molecular flexibility index (Phi) is 4.98. The third-order valence-electron chi connectivity index (χ3n) is 4.19. The van der Waals surface area contributed by atoms with Gasteiger partial charge >= 0.3 is 5.97 Å². The predicted octanol–water partition coefficient (Wildman–Crippen LogP) is 2.92. The highest BCUT2D eigenvalue weighted by Gasteiger charge is 2.51. The van der Waals surface area contributed by atoms with Gasteiger partial charge in [-0.25, -0.2) is 0 Å². The molecule has 1 aliphatic rings. The molecule has 4 nitrogen and oxygen atoms in total. The van der Waals surface area contributed by atoms with Gasteiger partial charge in [-0.15, -0.1) is 0 Å². The maximum Gasteiger partial charge on any atom is 0.323 e. The molecule has 2 unspecified atom stereocenters. The molecule has 1 saturated heterocycles. The summed E-state index contributed by atoms with van der Waals surface area (Å²) in [4.78, 5) is 12.1. The summed E-state index contributed by atoms with van der Waals surface area (Å²) in [6.07, 6.45) is 1.43. The van der Waals surface area contributed by atoms with Gasteiger partial charge < -0.3 is 9.47 Å². The first-order valence-corrected chi connectivity index (χ1v) is 6.99. The summed E-state index contributed by atoms with van der Waals surface area (Å²) in [6, 6.07) is 2.19. The Balaban J connectivity index is 3.11. The van der Waals surface area contributed by atoms with Crippen molar-refractivity contribution in [3.8, 4) is 6.07 Å². The first-order chi connectivity index (χ1) is 8.79. The quantitative estimate of drug-likeness (QED) is 0.735. The lowest BCUT2D eigenvalue weighted by molar-refractivity contribution is -0.165. The molecule has 0 spiro atoms. The summed E-state index contributed by atoms with van der Waals surface area (Å²) in [6.45, 7) is 10.8. The van der Waals surface area contributed by atoms with Crippen LogP contribution in [0.4, 0.5) is 0 Å². The van der Waals surface area contributed by atoms with Crippen LogP contribution in [-0.4, -0.2) is 24.8 Å². The zero-order valence-corrected chi connectivity index (χ0v) is 12.7. The molecule has 4 heteroatoms. The zero-order chi connectivity index (χ0) is 14.7. The first kappa shape index (κ1) is 16.0. The minimum atomic E-state index is -0.712. The molecule has 0 saturated carbocycles. The van der Waals surface area contributed by atoms with Crippen LogP contribution in [0.2, 0.25) is 0 Å². The molecule has 1 fully saturated rings. The van der Waals surface area contributed by atoms with Gasteiger partial charge in [-0.3, -0.25) is 4.79 Å². The molecule has 0 aromatic rings. The highest BCUT2D eigenvalue weighted by atomic mass is 16.5. The van der Waals surface area contributed by atoms with E-state index in [-0.39, 0.29) is 16.9 Å². The van der Waals surface area contributed by atoms with Crippen LogP contribution in [-0.2, 0) is 14.3 Å². The van der Waals surface area contributed by atoms with Crippen molar-refractivity contribution in [3.05, 3.63) is 0 Å². The Labute approximate surface area is 116 Å². The molecule has 0 amide bonds. The lowest BCUT2D eigenvalue weighted by Gasteiger charge is -2.48. The second kappa shape index (κ2) is 5.92. The van der Waals surface area contributed by atoms with Crippen LogP contribution >= 0.6 is 0 Å². The van der Waals surface area contributed by atoms with Crippen LogP contribution in [0.15, 0.2) is 0 Å². The lowest BCUT2D eigenvalue weighted by atomic mass is 9.60. The van der Waals surface area contributed by atoms with Gasteiger partial charge in [0.15, 0.2) is 0 Å². The van der Waals surface area contributed by atoms with Crippen molar-refractivity contribution in [1.29, 1.82) is 5.26 Å². The lowest BCUT2D eigenvalue weighted by Crippen LogP contribution is -2.50. The van der Waals surface area contributed by atoms with Gasteiger partial charge in [0.2, 0.25) is 0 Å². The van der Waals surface area contributed by atoms with Crippen LogP contribution in [0.1, 0.15) is 47.5 Å². The number of carbonyl (C=O) groups is 1. The largest absolute Gasteiger partial charge is 0.465 e. The minimum absolute atomic E-state index is 0.227. The fourth-order valence-corrected chi connectivity index (χ4v) is 3.16. The number of esters is 1. The van der Waals surface area contributed by atoms with E-state index in [1.807, 2.05) is 13.8 Å². The van der Waals surface area contributed by atoms with Crippen molar-refractivity contribution >= 4 is 5.97 Å². The monoisotopic (exact) mass is 267 g/mol. The molecule has 2 atom stereocenters. The minimum Gasteiger partial charge on any atom is -0.465 e. The standard InChI is InChI=1S/C15H25NO3/c1-6-18-13(17)12(9-16)15(11(2)3)7-8-19-14(4,5)10-15/h11-12H,6-8,10H2,1-5H3. The second-order valence-corrected chi connectivity index (χ2v) is 6.24. The molecule has 1 aliphatic heterocycles. The summed E-state index contributed by atoms with van der Waals surface area (Å²) >= 11 is 0. The average molecular weight is 267 g/mol. The number of hydrogen-bond donors (Lipinski definition) is 0. The molecule has 1 heterocycles. The molecule has 0 radical (unpaired) electrons. The maximum absolute atomic E-state index is 12.1. The molecule has 0 bridgehead atoms. The fourth-order valence-electron chi connectivity index (χ4n) is 3.16. The Morgan fingerprint density at radius 2 is 2.11 bits per heavy atom.